The van der Waals surface area contributed by atoms with Crippen LogP contribution >= 0.6 is 0 Å². The molecule has 1 aliphatic carbocycles. The lowest BCUT2D eigenvalue weighted by molar-refractivity contribution is -0.120. The van der Waals surface area contributed by atoms with Crippen molar-refractivity contribution in [2.45, 2.75) is 38.6 Å². The van der Waals surface area contributed by atoms with E-state index in [0.717, 1.165) is 5.75 Å². The highest BCUT2D eigenvalue weighted by atomic mass is 16.5. The van der Waals surface area contributed by atoms with Crippen molar-refractivity contribution in [3.05, 3.63) is 65.2 Å². The number of benzene rings is 2. The van der Waals surface area contributed by atoms with Gasteiger partial charge in [0.2, 0.25) is 5.91 Å². The fraction of sp³-hybridized carbons (Fsp3) is 0.409. The van der Waals surface area contributed by atoms with Crippen LogP contribution in [0, 0.1) is 0 Å². The summed E-state index contributed by atoms with van der Waals surface area (Å²) in [5.41, 5.74) is 4.22. The Hall–Kier alpha value is -2.33. The number of amides is 1. The highest BCUT2D eigenvalue weighted by molar-refractivity contribution is 5.78. The molecule has 4 heteroatoms. The lowest BCUT2D eigenvalue weighted by atomic mass is 9.89. The van der Waals surface area contributed by atoms with Gasteiger partial charge in [-0.1, -0.05) is 36.4 Å². The van der Waals surface area contributed by atoms with Crippen LogP contribution in [0.5, 0.6) is 5.75 Å². The summed E-state index contributed by atoms with van der Waals surface area (Å²) in [4.78, 5) is 12.0. The molecule has 2 N–H and O–H groups in total. The maximum Gasteiger partial charge on any atom is 0.234 e. The molecule has 0 saturated heterocycles. The summed E-state index contributed by atoms with van der Waals surface area (Å²) < 4.78 is 5.57. The summed E-state index contributed by atoms with van der Waals surface area (Å²) in [5, 5.41) is 6.19. The van der Waals surface area contributed by atoms with Gasteiger partial charge in [0.05, 0.1) is 13.1 Å². The molecule has 2 aromatic rings. The minimum atomic E-state index is -0.00790. The van der Waals surface area contributed by atoms with Crippen LogP contribution in [0.4, 0.5) is 0 Å². The number of aryl methyl sites for hydroxylation is 2. The molecule has 0 unspecified atom stereocenters. The van der Waals surface area contributed by atoms with Gasteiger partial charge in [0.1, 0.15) is 12.4 Å². The quantitative estimate of drug-likeness (QED) is 0.716. The maximum atomic E-state index is 12.0. The third kappa shape index (κ3) is 5.33. The molecule has 0 radical (unpaired) electrons. The van der Waals surface area contributed by atoms with Crippen molar-refractivity contribution in [1.82, 2.24) is 10.6 Å². The SMILES string of the molecule is C[C@H](NCC(=O)NCCOc1ccccc1)c1ccc2c(c1)CCCC2. The van der Waals surface area contributed by atoms with E-state index in [-0.39, 0.29) is 11.9 Å². The Morgan fingerprint density at radius 1 is 1.08 bits per heavy atom. The van der Waals surface area contributed by atoms with Crippen LogP contribution in [0.15, 0.2) is 48.5 Å². The molecule has 0 fully saturated rings. The smallest absolute Gasteiger partial charge is 0.234 e. The van der Waals surface area contributed by atoms with E-state index in [1.54, 1.807) is 0 Å². The summed E-state index contributed by atoms with van der Waals surface area (Å²) in [6, 6.07) is 16.5. The summed E-state index contributed by atoms with van der Waals surface area (Å²) in [5.74, 6) is 0.812. The van der Waals surface area contributed by atoms with E-state index in [0.29, 0.717) is 19.7 Å². The average molecular weight is 352 g/mol. The molecule has 1 atom stereocenters. The largest absolute Gasteiger partial charge is 0.492 e. The fourth-order valence-corrected chi connectivity index (χ4v) is 3.32. The molecule has 0 aromatic heterocycles. The summed E-state index contributed by atoms with van der Waals surface area (Å²) in [6.07, 6.45) is 4.96. The van der Waals surface area contributed by atoms with Gasteiger partial charge in [-0.25, -0.2) is 0 Å². The second kappa shape index (κ2) is 9.39. The monoisotopic (exact) mass is 352 g/mol. The molecule has 4 nitrogen and oxygen atoms in total. The van der Waals surface area contributed by atoms with Gasteiger partial charge in [-0.05, 0) is 61.4 Å². The first kappa shape index (κ1) is 18.5. The van der Waals surface area contributed by atoms with Crippen LogP contribution in [0.25, 0.3) is 0 Å². The minimum absolute atomic E-state index is 0.00790. The molecule has 138 valence electrons. The first-order chi connectivity index (χ1) is 12.7. The topological polar surface area (TPSA) is 50.4 Å². The summed E-state index contributed by atoms with van der Waals surface area (Å²) >= 11 is 0. The Kier molecular flexibility index (Phi) is 6.67. The van der Waals surface area contributed by atoms with E-state index < -0.39 is 0 Å². The summed E-state index contributed by atoms with van der Waals surface area (Å²) in [6.45, 7) is 3.39. The van der Waals surface area contributed by atoms with Crippen molar-refractivity contribution < 1.29 is 9.53 Å². The molecule has 1 amide bonds. The Bertz CT molecular complexity index is 715. The van der Waals surface area contributed by atoms with E-state index in [1.807, 2.05) is 30.3 Å². The molecule has 2 aromatic carbocycles. The second-order valence-electron chi connectivity index (χ2n) is 6.85. The van der Waals surface area contributed by atoms with Gasteiger partial charge in [-0.2, -0.15) is 0 Å². The fourth-order valence-electron chi connectivity index (χ4n) is 3.32. The van der Waals surface area contributed by atoms with Crippen LogP contribution in [0.1, 0.15) is 42.5 Å². The van der Waals surface area contributed by atoms with E-state index in [9.17, 15) is 4.79 Å². The van der Waals surface area contributed by atoms with Crippen LogP contribution in [0.3, 0.4) is 0 Å². The average Bonchev–Trinajstić information content (AvgIpc) is 2.70. The van der Waals surface area contributed by atoms with Crippen molar-refractivity contribution in [3.63, 3.8) is 0 Å². The number of hydrogen-bond donors (Lipinski definition) is 2. The van der Waals surface area contributed by atoms with Gasteiger partial charge in [-0.15, -0.1) is 0 Å². The summed E-state index contributed by atoms with van der Waals surface area (Å²) in [7, 11) is 0. The Balaban J connectivity index is 1.37. The number of fused-ring (bicyclic) bond motifs is 1. The third-order valence-electron chi connectivity index (χ3n) is 4.88. The van der Waals surface area contributed by atoms with Gasteiger partial charge in [0.15, 0.2) is 0 Å². The highest BCUT2D eigenvalue weighted by Gasteiger charge is 2.13. The van der Waals surface area contributed by atoms with E-state index in [1.165, 1.54) is 42.4 Å². The van der Waals surface area contributed by atoms with Crippen molar-refractivity contribution in [2.75, 3.05) is 19.7 Å². The van der Waals surface area contributed by atoms with E-state index in [2.05, 4.69) is 35.8 Å². The number of rotatable bonds is 8. The number of carbonyl (C=O) groups is 1. The zero-order valence-electron chi connectivity index (χ0n) is 15.5. The van der Waals surface area contributed by atoms with Crippen LogP contribution in [-0.4, -0.2) is 25.6 Å². The number of nitrogens with one attached hydrogen (secondary N) is 2. The Labute approximate surface area is 156 Å². The van der Waals surface area contributed by atoms with Crippen LogP contribution in [-0.2, 0) is 17.6 Å². The molecule has 0 aliphatic heterocycles. The van der Waals surface area contributed by atoms with Crippen molar-refractivity contribution in [2.24, 2.45) is 0 Å². The first-order valence-electron chi connectivity index (χ1n) is 9.52. The predicted octanol–water partition coefficient (Wildman–Crippen LogP) is 3.41. The van der Waals surface area contributed by atoms with Crippen molar-refractivity contribution in [3.8, 4) is 5.75 Å². The molecular weight excluding hydrogens is 324 g/mol. The first-order valence-corrected chi connectivity index (χ1v) is 9.52. The van der Waals surface area contributed by atoms with Crippen LogP contribution in [0.2, 0.25) is 0 Å². The molecule has 0 heterocycles. The molecule has 3 rings (SSSR count). The molecule has 0 saturated carbocycles. The second-order valence-corrected chi connectivity index (χ2v) is 6.85. The molecule has 0 spiro atoms. The van der Waals surface area contributed by atoms with Crippen molar-refractivity contribution >= 4 is 5.91 Å². The van der Waals surface area contributed by atoms with Gasteiger partial charge in [0.25, 0.3) is 0 Å². The van der Waals surface area contributed by atoms with Gasteiger partial charge < -0.3 is 15.4 Å². The zero-order valence-corrected chi connectivity index (χ0v) is 15.5. The van der Waals surface area contributed by atoms with E-state index >= 15 is 0 Å². The minimum Gasteiger partial charge on any atom is -0.492 e. The number of para-hydroxylation sites is 1. The van der Waals surface area contributed by atoms with Crippen molar-refractivity contribution in [1.29, 1.82) is 0 Å². The molecule has 1 aliphatic rings. The lowest BCUT2D eigenvalue weighted by Gasteiger charge is -2.20. The maximum absolute atomic E-state index is 12.0. The highest BCUT2D eigenvalue weighted by Crippen LogP contribution is 2.24. The number of hydrogen-bond acceptors (Lipinski definition) is 3. The Morgan fingerprint density at radius 3 is 2.65 bits per heavy atom. The Morgan fingerprint density at radius 2 is 1.85 bits per heavy atom. The normalized spacial score (nSPS) is 14.3. The van der Waals surface area contributed by atoms with Gasteiger partial charge in [0, 0.05) is 6.04 Å². The standard InChI is InChI=1S/C22H28N2O2/c1-17(19-12-11-18-7-5-6-8-20(18)15-19)24-16-22(25)23-13-14-26-21-9-3-2-4-10-21/h2-4,9-12,15,17,24H,5-8,13-14,16H2,1H3,(H,23,25)/t17-/m0/s1. The van der Waals surface area contributed by atoms with E-state index in [4.69, 9.17) is 4.74 Å². The molecule has 0 bridgehead atoms. The van der Waals surface area contributed by atoms with Crippen LogP contribution < -0.4 is 15.4 Å². The lowest BCUT2D eigenvalue weighted by Crippen LogP contribution is -2.37. The number of ether oxygens (including phenoxy) is 1. The van der Waals surface area contributed by atoms with Gasteiger partial charge in [-0.3, -0.25) is 4.79 Å². The number of carbonyl (C=O) groups excluding carboxylic acids is 1. The predicted molar refractivity (Wildman–Crippen MR) is 104 cm³/mol. The zero-order chi connectivity index (χ0) is 18.2. The molecular formula is C22H28N2O2. The molecule has 26 heavy (non-hydrogen) atoms. The third-order valence-corrected chi connectivity index (χ3v) is 4.88. The van der Waals surface area contributed by atoms with Gasteiger partial charge >= 0.3 is 0 Å².